The van der Waals surface area contributed by atoms with Gasteiger partial charge in [-0.15, -0.1) is 0 Å². The maximum atomic E-state index is 14.1. The molecule has 1 N–H and O–H groups in total. The predicted molar refractivity (Wildman–Crippen MR) is 101 cm³/mol. The first-order chi connectivity index (χ1) is 14.2. The molecule has 9 heteroatoms. The lowest BCUT2D eigenvalue weighted by Crippen LogP contribution is -2.49. The summed E-state index contributed by atoms with van der Waals surface area (Å²) in [7, 11) is 0. The van der Waals surface area contributed by atoms with Gasteiger partial charge in [0.25, 0.3) is 5.91 Å². The van der Waals surface area contributed by atoms with Gasteiger partial charge in [0.15, 0.2) is 5.65 Å². The number of carbonyl (C=O) groups is 1. The Kier molecular flexibility index (Phi) is 3.53. The van der Waals surface area contributed by atoms with Crippen LogP contribution in [0.3, 0.4) is 0 Å². The Morgan fingerprint density at radius 1 is 1.28 bits per heavy atom. The maximum absolute atomic E-state index is 14.1. The van der Waals surface area contributed by atoms with E-state index in [1.54, 1.807) is 16.9 Å². The molecule has 1 amide bonds. The van der Waals surface area contributed by atoms with Crippen molar-refractivity contribution in [1.82, 2.24) is 24.9 Å². The number of carbonyl (C=O) groups excluding carboxylic acids is 1. The van der Waals surface area contributed by atoms with Gasteiger partial charge in [-0.1, -0.05) is 0 Å². The Morgan fingerprint density at radius 2 is 2.17 bits per heavy atom. The van der Waals surface area contributed by atoms with E-state index in [1.807, 2.05) is 6.07 Å². The molecule has 1 aliphatic carbocycles. The Bertz CT molecular complexity index is 1130. The number of nitrogens with zero attached hydrogens (tertiary/aromatic N) is 5. The Hall–Kier alpha value is -3.23. The molecule has 6 heterocycles. The summed E-state index contributed by atoms with van der Waals surface area (Å²) < 4.78 is 21.8. The van der Waals surface area contributed by atoms with Gasteiger partial charge in [0.2, 0.25) is 5.88 Å². The Morgan fingerprint density at radius 3 is 3.07 bits per heavy atom. The van der Waals surface area contributed by atoms with Crippen LogP contribution in [0.5, 0.6) is 5.88 Å². The zero-order chi connectivity index (χ0) is 19.5. The van der Waals surface area contributed by atoms with Gasteiger partial charge in [0.1, 0.15) is 23.3 Å². The molecule has 2 fully saturated rings. The normalized spacial score (nSPS) is 25.6. The van der Waals surface area contributed by atoms with Crippen molar-refractivity contribution in [2.75, 3.05) is 11.4 Å². The van der Waals surface area contributed by atoms with Crippen LogP contribution < -0.4 is 15.0 Å². The number of aromatic nitrogens is 4. The largest absolute Gasteiger partial charge is 0.474 e. The molecule has 1 saturated heterocycles. The van der Waals surface area contributed by atoms with E-state index in [9.17, 15) is 9.18 Å². The third-order valence-electron chi connectivity index (χ3n) is 6.06. The summed E-state index contributed by atoms with van der Waals surface area (Å²) in [5.74, 6) is 0.650. The molecule has 1 saturated carbocycles. The summed E-state index contributed by atoms with van der Waals surface area (Å²) in [4.78, 5) is 23.9. The number of ether oxygens (including phenoxy) is 1. The summed E-state index contributed by atoms with van der Waals surface area (Å²) in [5.41, 5.74) is 1.73. The number of halogens is 1. The molecule has 0 radical (unpaired) electrons. The Labute approximate surface area is 165 Å². The average Bonchev–Trinajstić information content (AvgIpc) is 3.33. The fraction of sp³-hybridized carbons (Fsp3) is 0.400. The first kappa shape index (κ1) is 16.7. The predicted octanol–water partition coefficient (Wildman–Crippen LogP) is 2.26. The van der Waals surface area contributed by atoms with Gasteiger partial charge < -0.3 is 15.0 Å². The smallest absolute Gasteiger partial charge is 0.256 e. The molecule has 3 aliphatic heterocycles. The zero-order valence-corrected chi connectivity index (χ0v) is 15.6. The van der Waals surface area contributed by atoms with Crippen LogP contribution in [0.1, 0.15) is 47.6 Å². The minimum absolute atomic E-state index is 0.0282. The van der Waals surface area contributed by atoms with Gasteiger partial charge >= 0.3 is 0 Å². The fourth-order valence-corrected chi connectivity index (χ4v) is 4.52. The third-order valence-corrected chi connectivity index (χ3v) is 6.06. The minimum atomic E-state index is -0.374. The second kappa shape index (κ2) is 6.13. The minimum Gasteiger partial charge on any atom is -0.474 e. The van der Waals surface area contributed by atoms with Crippen LogP contribution in [0.15, 0.2) is 30.7 Å². The highest BCUT2D eigenvalue weighted by Gasteiger charge is 2.36. The summed E-state index contributed by atoms with van der Waals surface area (Å²) in [6.07, 6.45) is 7.69. The molecule has 0 spiro atoms. The lowest BCUT2D eigenvalue weighted by atomic mass is 9.89. The summed E-state index contributed by atoms with van der Waals surface area (Å²) in [5, 5.41) is 7.29. The maximum Gasteiger partial charge on any atom is 0.256 e. The van der Waals surface area contributed by atoms with E-state index in [0.29, 0.717) is 29.9 Å². The zero-order valence-electron chi connectivity index (χ0n) is 15.6. The van der Waals surface area contributed by atoms with E-state index in [-0.39, 0.29) is 29.9 Å². The number of fused-ring (bicyclic) bond motifs is 1. The SMILES string of the molecule is O=C1N[C@H]2C[C@H](C2)Oc2ncc(F)cc2[C@H]2CCCN2c2ccn3ncc1c3n2. The number of hydrogen-bond acceptors (Lipinski definition) is 6. The van der Waals surface area contributed by atoms with Crippen LogP contribution in [-0.2, 0) is 0 Å². The van der Waals surface area contributed by atoms with Gasteiger partial charge in [-0.25, -0.2) is 18.9 Å². The van der Waals surface area contributed by atoms with Crippen LogP contribution >= 0.6 is 0 Å². The standard InChI is InChI=1S/C20H19FN6O2/c21-11-6-14-16-2-1-4-26(16)17-3-5-27-18(25-17)15(10-23-27)19(28)24-12-7-13(8-12)29-20(14)22-9-11/h3,5-6,9-10,12-13,16H,1-2,4,7-8H2,(H,24,28)/t12-,13+,16-/m1/s1. The first-order valence-corrected chi connectivity index (χ1v) is 9.90. The summed E-state index contributed by atoms with van der Waals surface area (Å²) in [6.45, 7) is 0.783. The van der Waals surface area contributed by atoms with Crippen molar-refractivity contribution in [3.63, 3.8) is 0 Å². The van der Waals surface area contributed by atoms with Gasteiger partial charge in [0.05, 0.1) is 18.4 Å². The topological polar surface area (TPSA) is 84.7 Å². The van der Waals surface area contributed by atoms with Crippen molar-refractivity contribution in [3.8, 4) is 5.88 Å². The fourth-order valence-electron chi connectivity index (χ4n) is 4.52. The number of pyridine rings is 1. The molecular formula is C20H19FN6O2. The molecule has 0 unspecified atom stereocenters. The highest BCUT2D eigenvalue weighted by Crippen LogP contribution is 2.40. The molecule has 4 aliphatic rings. The van der Waals surface area contributed by atoms with Crippen molar-refractivity contribution in [2.24, 2.45) is 0 Å². The Balaban J connectivity index is 1.52. The van der Waals surface area contributed by atoms with Crippen LogP contribution in [0.4, 0.5) is 10.2 Å². The van der Waals surface area contributed by atoms with E-state index < -0.39 is 0 Å². The van der Waals surface area contributed by atoms with E-state index in [1.165, 1.54) is 12.3 Å². The molecule has 148 valence electrons. The monoisotopic (exact) mass is 394 g/mol. The molecule has 7 rings (SSSR count). The lowest BCUT2D eigenvalue weighted by molar-refractivity contribution is 0.0670. The van der Waals surface area contributed by atoms with E-state index in [0.717, 1.165) is 30.8 Å². The second-order valence-corrected chi connectivity index (χ2v) is 7.89. The van der Waals surface area contributed by atoms with Crippen LogP contribution in [0.2, 0.25) is 0 Å². The molecular weight excluding hydrogens is 375 g/mol. The number of nitrogens with one attached hydrogen (secondary N) is 1. The molecule has 3 aromatic rings. The first-order valence-electron chi connectivity index (χ1n) is 9.90. The number of rotatable bonds is 0. The van der Waals surface area contributed by atoms with Crippen molar-refractivity contribution in [3.05, 3.63) is 47.7 Å². The third kappa shape index (κ3) is 2.64. The summed E-state index contributed by atoms with van der Waals surface area (Å²) >= 11 is 0. The van der Waals surface area contributed by atoms with Gasteiger partial charge in [-0.3, -0.25) is 4.79 Å². The van der Waals surface area contributed by atoms with E-state index >= 15 is 0 Å². The molecule has 8 nitrogen and oxygen atoms in total. The van der Waals surface area contributed by atoms with Crippen LogP contribution in [0, 0.1) is 5.82 Å². The quantitative estimate of drug-likeness (QED) is 0.630. The lowest BCUT2D eigenvalue weighted by Gasteiger charge is -2.36. The van der Waals surface area contributed by atoms with E-state index in [2.05, 4.69) is 20.3 Å². The van der Waals surface area contributed by atoms with Crippen molar-refractivity contribution < 1.29 is 13.9 Å². The number of amides is 1. The number of hydrogen-bond donors (Lipinski definition) is 1. The highest BCUT2D eigenvalue weighted by atomic mass is 19.1. The number of anilines is 1. The van der Waals surface area contributed by atoms with Crippen molar-refractivity contribution in [1.29, 1.82) is 0 Å². The molecule has 1 atom stereocenters. The molecule has 4 bridgehead atoms. The second-order valence-electron chi connectivity index (χ2n) is 7.89. The highest BCUT2D eigenvalue weighted by molar-refractivity contribution is 6.00. The summed E-state index contributed by atoms with van der Waals surface area (Å²) in [6, 6.07) is 3.34. The van der Waals surface area contributed by atoms with Gasteiger partial charge in [-0.05, 0) is 25.0 Å². The van der Waals surface area contributed by atoms with Crippen LogP contribution in [0.25, 0.3) is 5.65 Å². The van der Waals surface area contributed by atoms with Crippen molar-refractivity contribution in [2.45, 2.75) is 43.9 Å². The molecule has 0 aromatic carbocycles. The van der Waals surface area contributed by atoms with Gasteiger partial charge in [0, 0.05) is 37.2 Å². The molecule has 3 aromatic heterocycles. The molecule has 29 heavy (non-hydrogen) atoms. The van der Waals surface area contributed by atoms with Crippen molar-refractivity contribution >= 4 is 17.4 Å². The van der Waals surface area contributed by atoms with Gasteiger partial charge in [-0.2, -0.15) is 5.10 Å². The van der Waals surface area contributed by atoms with Crippen LogP contribution in [-0.4, -0.2) is 44.2 Å². The average molecular weight is 394 g/mol. The van der Waals surface area contributed by atoms with E-state index in [4.69, 9.17) is 9.72 Å².